The van der Waals surface area contributed by atoms with E-state index in [1.807, 2.05) is 27.7 Å². The van der Waals surface area contributed by atoms with Crippen LogP contribution in [0.15, 0.2) is 23.1 Å². The molecule has 0 bridgehead atoms. The lowest BCUT2D eigenvalue weighted by molar-refractivity contribution is -0.114. The lowest BCUT2D eigenvalue weighted by Crippen LogP contribution is -2.50. The Morgan fingerprint density at radius 2 is 1.90 bits per heavy atom. The Kier molecular flexibility index (Phi) is 5.86. The molecule has 0 aromatic carbocycles. The van der Waals surface area contributed by atoms with Crippen molar-refractivity contribution in [2.45, 2.75) is 76.7 Å². The highest BCUT2D eigenvalue weighted by molar-refractivity contribution is 6.47. The highest BCUT2D eigenvalue weighted by atomic mass is 19.3. The molecule has 163 valence electrons. The summed E-state index contributed by atoms with van der Waals surface area (Å²) in [6.07, 6.45) is -0.592. The minimum atomic E-state index is -2.82. The Bertz CT molecular complexity index is 996. The summed E-state index contributed by atoms with van der Waals surface area (Å²) in [4.78, 5) is 16.9. The van der Waals surface area contributed by atoms with Gasteiger partial charge in [-0.25, -0.2) is 13.8 Å². The van der Waals surface area contributed by atoms with Gasteiger partial charge in [-0.3, -0.25) is 9.36 Å². The van der Waals surface area contributed by atoms with E-state index in [2.05, 4.69) is 4.98 Å². The number of fused-ring (bicyclic) bond motifs is 1. The lowest BCUT2D eigenvalue weighted by atomic mass is 9.77. The van der Waals surface area contributed by atoms with Crippen molar-refractivity contribution in [3.63, 3.8) is 0 Å². The molecular formula is C21H28BF2N2O4. The third kappa shape index (κ3) is 4.15. The van der Waals surface area contributed by atoms with Gasteiger partial charge in [0.15, 0.2) is 0 Å². The molecule has 1 aliphatic rings. The molecule has 2 aromatic heterocycles. The number of hydrogen-bond acceptors (Lipinski definition) is 5. The Morgan fingerprint density at radius 1 is 1.27 bits per heavy atom. The van der Waals surface area contributed by atoms with Crippen LogP contribution in [0.25, 0.3) is 11.0 Å². The van der Waals surface area contributed by atoms with E-state index in [0.717, 1.165) is 6.07 Å². The fourth-order valence-electron chi connectivity index (χ4n) is 3.60. The topological polar surface area (TPSA) is 73.6 Å². The first-order valence-electron chi connectivity index (χ1n) is 9.90. The molecule has 0 aliphatic heterocycles. The average molecular weight is 421 g/mol. The molecule has 0 spiro atoms. The van der Waals surface area contributed by atoms with Crippen LogP contribution in [0, 0.1) is 0 Å². The summed E-state index contributed by atoms with van der Waals surface area (Å²) >= 11 is 0. The van der Waals surface area contributed by atoms with Crippen LogP contribution < -0.4 is 11.0 Å². The molecule has 1 aliphatic carbocycles. The largest absolute Gasteiger partial charge is 0.427 e. The van der Waals surface area contributed by atoms with Crippen molar-refractivity contribution in [3.05, 3.63) is 34.2 Å². The van der Waals surface area contributed by atoms with Crippen LogP contribution in [-0.4, -0.2) is 46.1 Å². The number of aliphatic hydroxyl groups is 1. The highest BCUT2D eigenvalue weighted by Gasteiger charge is 2.41. The first kappa shape index (κ1) is 22.8. The first-order valence-corrected chi connectivity index (χ1v) is 9.90. The zero-order valence-corrected chi connectivity index (χ0v) is 18.2. The van der Waals surface area contributed by atoms with Crippen LogP contribution in [0.2, 0.25) is 0 Å². The van der Waals surface area contributed by atoms with Crippen LogP contribution in [0.4, 0.5) is 8.78 Å². The van der Waals surface area contributed by atoms with Crippen molar-refractivity contribution >= 4 is 24.0 Å². The smallest absolute Gasteiger partial charge is 0.332 e. The van der Waals surface area contributed by atoms with Gasteiger partial charge in [-0.15, -0.1) is 0 Å². The second-order valence-corrected chi connectivity index (χ2v) is 9.27. The number of alkyl halides is 2. The van der Waals surface area contributed by atoms with Gasteiger partial charge in [-0.1, -0.05) is 6.07 Å². The predicted octanol–water partition coefficient (Wildman–Crippen LogP) is 2.88. The van der Waals surface area contributed by atoms with Crippen LogP contribution in [0.5, 0.6) is 0 Å². The number of halogens is 2. The minimum Gasteiger partial charge on any atom is -0.427 e. The van der Waals surface area contributed by atoms with E-state index in [1.54, 1.807) is 20.1 Å². The molecule has 0 amide bonds. The fourth-order valence-corrected chi connectivity index (χ4v) is 3.60. The number of rotatable bonds is 7. The van der Waals surface area contributed by atoms with E-state index in [9.17, 15) is 18.7 Å². The summed E-state index contributed by atoms with van der Waals surface area (Å²) in [6.45, 7) is 9.20. The van der Waals surface area contributed by atoms with Gasteiger partial charge >= 0.3 is 7.48 Å². The van der Waals surface area contributed by atoms with Crippen molar-refractivity contribution in [2.75, 3.05) is 7.11 Å². The molecule has 0 unspecified atom stereocenters. The maximum absolute atomic E-state index is 13.7. The summed E-state index contributed by atoms with van der Waals surface area (Å²) in [5.41, 5.74) is -2.37. The Morgan fingerprint density at radius 3 is 2.43 bits per heavy atom. The number of pyridine rings is 2. The first-order chi connectivity index (χ1) is 13.8. The summed E-state index contributed by atoms with van der Waals surface area (Å²) in [5.74, 6) is 0. The standard InChI is InChI=1S/C21H28BF2N2O4/c1-19(2,29-6)20(3,4)30-22-12-7-15-14(17(23)24)8-16(27)26(18(15)25-11-12)13-9-21(5,28)10-13/h7-8,11,13,17,28H,9-10H2,1-6H3. The lowest BCUT2D eigenvalue weighted by Gasteiger charge is -2.42. The van der Waals surface area contributed by atoms with Crippen molar-refractivity contribution < 1.29 is 23.3 Å². The van der Waals surface area contributed by atoms with Crippen LogP contribution in [0.1, 0.15) is 65.5 Å². The van der Waals surface area contributed by atoms with Crippen LogP contribution >= 0.6 is 0 Å². The van der Waals surface area contributed by atoms with Gasteiger partial charge in [-0.2, -0.15) is 0 Å². The molecule has 1 N–H and O–H groups in total. The number of nitrogens with zero attached hydrogens (tertiary/aromatic N) is 2. The van der Waals surface area contributed by atoms with E-state index in [-0.39, 0.29) is 22.6 Å². The summed E-state index contributed by atoms with van der Waals surface area (Å²) < 4.78 is 40.1. The van der Waals surface area contributed by atoms with Gasteiger partial charge in [-0.05, 0) is 52.9 Å². The zero-order chi connectivity index (χ0) is 22.5. The minimum absolute atomic E-state index is 0.187. The molecular weight excluding hydrogens is 393 g/mol. The molecule has 9 heteroatoms. The number of methoxy groups -OCH3 is 1. The van der Waals surface area contributed by atoms with E-state index in [1.165, 1.54) is 18.2 Å². The quantitative estimate of drug-likeness (QED) is 0.697. The van der Waals surface area contributed by atoms with Gasteiger partial charge in [0.05, 0.1) is 16.8 Å². The average Bonchev–Trinajstić information content (AvgIpc) is 2.63. The van der Waals surface area contributed by atoms with Crippen molar-refractivity contribution in [3.8, 4) is 0 Å². The Labute approximate surface area is 175 Å². The van der Waals surface area contributed by atoms with E-state index >= 15 is 0 Å². The van der Waals surface area contributed by atoms with E-state index in [4.69, 9.17) is 9.39 Å². The molecule has 3 rings (SSSR count). The van der Waals surface area contributed by atoms with Gasteiger partial charge in [0.1, 0.15) is 5.65 Å². The van der Waals surface area contributed by atoms with Crippen molar-refractivity contribution in [1.29, 1.82) is 0 Å². The van der Waals surface area contributed by atoms with Crippen LogP contribution in [-0.2, 0) is 9.39 Å². The molecule has 2 aromatic rings. The van der Waals surface area contributed by atoms with Crippen molar-refractivity contribution in [2.24, 2.45) is 0 Å². The third-order valence-corrected chi connectivity index (χ3v) is 6.34. The number of aromatic nitrogens is 2. The second kappa shape index (κ2) is 7.69. The second-order valence-electron chi connectivity index (χ2n) is 9.27. The molecule has 0 saturated heterocycles. The maximum Gasteiger partial charge on any atom is 0.332 e. The number of hydrogen-bond donors (Lipinski definition) is 1. The Hall–Kier alpha value is -1.84. The fraction of sp³-hybridized carbons (Fsp3) is 0.619. The van der Waals surface area contributed by atoms with E-state index < -0.39 is 28.8 Å². The Balaban J connectivity index is 2.00. The van der Waals surface area contributed by atoms with Gasteiger partial charge < -0.3 is 14.5 Å². The van der Waals surface area contributed by atoms with Crippen LogP contribution in [0.3, 0.4) is 0 Å². The SMILES string of the molecule is COC(C)(C)C(C)(C)O[B]c1cnc2c(c1)c(C(F)F)cc(=O)n2C1CC(C)(O)C1. The molecule has 0 atom stereocenters. The molecule has 1 saturated carbocycles. The summed E-state index contributed by atoms with van der Waals surface area (Å²) in [6, 6.07) is 2.23. The summed E-state index contributed by atoms with van der Waals surface area (Å²) in [7, 11) is 3.06. The maximum atomic E-state index is 13.7. The zero-order valence-electron chi connectivity index (χ0n) is 18.2. The number of ether oxygens (including phenoxy) is 1. The third-order valence-electron chi connectivity index (χ3n) is 6.34. The monoisotopic (exact) mass is 421 g/mol. The molecule has 2 heterocycles. The normalized spacial score (nSPS) is 22.4. The molecule has 1 fully saturated rings. The highest BCUT2D eigenvalue weighted by Crippen LogP contribution is 2.41. The van der Waals surface area contributed by atoms with Gasteiger partial charge in [0.2, 0.25) is 0 Å². The summed E-state index contributed by atoms with van der Waals surface area (Å²) in [5, 5.41) is 10.2. The molecule has 1 radical (unpaired) electrons. The van der Waals surface area contributed by atoms with Crippen molar-refractivity contribution in [1.82, 2.24) is 9.55 Å². The van der Waals surface area contributed by atoms with Gasteiger partial charge in [0.25, 0.3) is 12.0 Å². The molecule has 6 nitrogen and oxygen atoms in total. The molecule has 30 heavy (non-hydrogen) atoms. The predicted molar refractivity (Wildman–Crippen MR) is 111 cm³/mol. The van der Waals surface area contributed by atoms with E-state index in [0.29, 0.717) is 18.3 Å². The van der Waals surface area contributed by atoms with Gasteiger partial charge in [0, 0.05) is 36.4 Å².